The van der Waals surface area contributed by atoms with Gasteiger partial charge in [0.2, 0.25) is 5.78 Å². The summed E-state index contributed by atoms with van der Waals surface area (Å²) in [6, 6.07) is 0. The maximum atomic E-state index is 12.6. The van der Waals surface area contributed by atoms with Gasteiger partial charge in [-0.05, 0) is 13.8 Å². The maximum Gasteiger partial charge on any atom is 0.428 e. The van der Waals surface area contributed by atoms with Crippen molar-refractivity contribution in [2.75, 3.05) is 13.2 Å². The summed E-state index contributed by atoms with van der Waals surface area (Å²) in [6.45, 7) is 1.91. The largest absolute Gasteiger partial charge is 0.464 e. The summed E-state index contributed by atoms with van der Waals surface area (Å²) in [7, 11) is 0. The summed E-state index contributed by atoms with van der Waals surface area (Å²) in [5, 5.41) is 9.31. The highest BCUT2D eigenvalue weighted by Crippen LogP contribution is 2.34. The van der Waals surface area contributed by atoms with Crippen LogP contribution in [0.15, 0.2) is 0 Å². The first-order chi connectivity index (χ1) is 8.60. The van der Waals surface area contributed by atoms with Gasteiger partial charge in [-0.1, -0.05) is 0 Å². The quantitative estimate of drug-likeness (QED) is 0.560. The minimum atomic E-state index is -5.46. The molecule has 0 radical (unpaired) electrons. The van der Waals surface area contributed by atoms with E-state index in [0.29, 0.717) is 0 Å². The van der Waals surface area contributed by atoms with Gasteiger partial charge < -0.3 is 14.6 Å². The van der Waals surface area contributed by atoms with Crippen molar-refractivity contribution in [2.45, 2.75) is 32.0 Å². The van der Waals surface area contributed by atoms with Crippen molar-refractivity contribution in [2.24, 2.45) is 0 Å². The molecule has 0 fully saturated rings. The lowest BCUT2D eigenvalue weighted by Crippen LogP contribution is -2.55. The molecule has 0 aliphatic carbocycles. The number of hydrogen-bond donors (Lipinski definition) is 1. The van der Waals surface area contributed by atoms with Crippen molar-refractivity contribution >= 4 is 17.7 Å². The average Bonchev–Trinajstić information content (AvgIpc) is 2.27. The van der Waals surface area contributed by atoms with Crippen LogP contribution in [0.4, 0.5) is 13.2 Å². The highest BCUT2D eigenvalue weighted by atomic mass is 19.4. The minimum Gasteiger partial charge on any atom is -0.464 e. The monoisotopic (exact) mass is 286 g/mol. The Morgan fingerprint density at radius 3 is 1.89 bits per heavy atom. The number of alkyl halides is 3. The van der Waals surface area contributed by atoms with E-state index in [1.165, 1.54) is 13.8 Å². The molecule has 9 heteroatoms. The lowest BCUT2D eigenvalue weighted by atomic mass is 9.96. The second kappa shape index (κ2) is 6.50. The summed E-state index contributed by atoms with van der Waals surface area (Å²) < 4.78 is 46.1. The predicted octanol–water partition coefficient (Wildman–Crippen LogP) is 0.365. The van der Waals surface area contributed by atoms with Crippen LogP contribution in [0.1, 0.15) is 20.3 Å². The fourth-order valence-corrected chi connectivity index (χ4v) is 1.05. The van der Waals surface area contributed by atoms with Gasteiger partial charge in [0.25, 0.3) is 5.60 Å². The Kier molecular flexibility index (Phi) is 5.94. The Balaban J connectivity index is 5.14. The predicted molar refractivity (Wildman–Crippen MR) is 53.9 cm³/mol. The lowest BCUT2D eigenvalue weighted by Gasteiger charge is -2.26. The molecule has 19 heavy (non-hydrogen) atoms. The Bertz CT molecular complexity index is 365. The molecular weight excluding hydrogens is 273 g/mol. The molecule has 0 aromatic carbocycles. The number of carbonyl (C=O) groups is 3. The first kappa shape index (κ1) is 17.4. The fraction of sp³-hybridized carbons (Fsp3) is 0.700. The molecule has 0 saturated carbocycles. The van der Waals surface area contributed by atoms with Crippen LogP contribution in [0.3, 0.4) is 0 Å². The number of ketones is 1. The first-order valence-electron chi connectivity index (χ1n) is 5.26. The van der Waals surface area contributed by atoms with Crippen LogP contribution in [0.2, 0.25) is 0 Å². The van der Waals surface area contributed by atoms with Crippen LogP contribution < -0.4 is 0 Å². The standard InChI is InChI=1S/C10H13F3O6/c1-3-18-7(15)6(14)5-9(17,10(11,12)13)8(16)19-4-2/h17H,3-5H2,1-2H3. The Morgan fingerprint density at radius 1 is 1.05 bits per heavy atom. The molecule has 0 aromatic heterocycles. The van der Waals surface area contributed by atoms with E-state index in [9.17, 15) is 32.7 Å². The number of hydrogen-bond acceptors (Lipinski definition) is 6. The van der Waals surface area contributed by atoms with Gasteiger partial charge in [-0.15, -0.1) is 0 Å². The van der Waals surface area contributed by atoms with Crippen molar-refractivity contribution in [1.29, 1.82) is 0 Å². The van der Waals surface area contributed by atoms with Crippen LogP contribution >= 0.6 is 0 Å². The molecule has 1 atom stereocenters. The molecule has 0 spiro atoms. The van der Waals surface area contributed by atoms with Gasteiger partial charge in [-0.25, -0.2) is 9.59 Å². The normalized spacial score (nSPS) is 14.4. The molecular formula is C10H13F3O6. The Labute approximate surface area is 106 Å². The van der Waals surface area contributed by atoms with Crippen LogP contribution in [0.25, 0.3) is 0 Å². The first-order valence-corrected chi connectivity index (χ1v) is 5.26. The molecule has 6 nitrogen and oxygen atoms in total. The van der Waals surface area contributed by atoms with Crippen LogP contribution in [0, 0.1) is 0 Å². The zero-order chi connectivity index (χ0) is 15.3. The minimum absolute atomic E-state index is 0.228. The number of halogens is 3. The van der Waals surface area contributed by atoms with Gasteiger partial charge in [0.15, 0.2) is 0 Å². The van der Waals surface area contributed by atoms with Crippen LogP contribution in [-0.4, -0.2) is 47.8 Å². The van der Waals surface area contributed by atoms with E-state index < -0.39 is 42.5 Å². The molecule has 1 unspecified atom stereocenters. The van der Waals surface area contributed by atoms with Gasteiger partial charge in [-0.2, -0.15) is 13.2 Å². The second-order valence-electron chi connectivity index (χ2n) is 3.40. The molecule has 0 aromatic rings. The van der Waals surface area contributed by atoms with Gasteiger partial charge in [-0.3, -0.25) is 4.79 Å². The van der Waals surface area contributed by atoms with E-state index in [2.05, 4.69) is 9.47 Å². The van der Waals surface area contributed by atoms with E-state index in [0.717, 1.165) is 0 Å². The van der Waals surface area contributed by atoms with Crippen LogP contribution in [0.5, 0.6) is 0 Å². The molecule has 0 heterocycles. The van der Waals surface area contributed by atoms with E-state index in [-0.39, 0.29) is 6.61 Å². The number of Topliss-reactive ketones (excluding diaryl/α,β-unsaturated/α-hetero) is 1. The summed E-state index contributed by atoms with van der Waals surface area (Å²) in [5.74, 6) is -5.27. The zero-order valence-corrected chi connectivity index (χ0v) is 10.2. The van der Waals surface area contributed by atoms with Gasteiger partial charge in [0.1, 0.15) is 0 Å². The SMILES string of the molecule is CCOC(=O)C(=O)CC(O)(C(=O)OCC)C(F)(F)F. The number of ether oxygens (including phenoxy) is 2. The van der Waals surface area contributed by atoms with E-state index in [1.807, 2.05) is 0 Å². The molecule has 0 aliphatic heterocycles. The van der Waals surface area contributed by atoms with Crippen molar-refractivity contribution in [3.05, 3.63) is 0 Å². The second-order valence-corrected chi connectivity index (χ2v) is 3.40. The number of rotatable bonds is 6. The lowest BCUT2D eigenvalue weighted by molar-refractivity contribution is -0.262. The number of esters is 2. The topological polar surface area (TPSA) is 89.9 Å². The molecule has 0 bridgehead atoms. The van der Waals surface area contributed by atoms with Gasteiger partial charge in [0.05, 0.1) is 19.6 Å². The third-order valence-electron chi connectivity index (χ3n) is 2.00. The number of aliphatic hydroxyl groups is 1. The smallest absolute Gasteiger partial charge is 0.428 e. The summed E-state index contributed by atoms with van der Waals surface area (Å²) >= 11 is 0. The molecule has 0 saturated heterocycles. The van der Waals surface area contributed by atoms with Crippen molar-refractivity contribution in [1.82, 2.24) is 0 Å². The third kappa shape index (κ3) is 4.19. The third-order valence-corrected chi connectivity index (χ3v) is 2.00. The molecule has 0 amide bonds. The molecule has 0 rings (SSSR count). The van der Waals surface area contributed by atoms with Gasteiger partial charge >= 0.3 is 18.1 Å². The van der Waals surface area contributed by atoms with E-state index in [1.54, 1.807) is 0 Å². The highest BCUT2D eigenvalue weighted by Gasteiger charge is 2.62. The number of carbonyl (C=O) groups excluding carboxylic acids is 3. The van der Waals surface area contributed by atoms with E-state index >= 15 is 0 Å². The fourth-order valence-electron chi connectivity index (χ4n) is 1.05. The van der Waals surface area contributed by atoms with Gasteiger partial charge in [0, 0.05) is 0 Å². The Hall–Kier alpha value is -1.64. The molecule has 110 valence electrons. The summed E-state index contributed by atoms with van der Waals surface area (Å²) in [4.78, 5) is 33.2. The van der Waals surface area contributed by atoms with Crippen LogP contribution in [-0.2, 0) is 23.9 Å². The van der Waals surface area contributed by atoms with Crippen molar-refractivity contribution in [3.63, 3.8) is 0 Å². The maximum absolute atomic E-state index is 12.6. The summed E-state index contributed by atoms with van der Waals surface area (Å²) in [5.41, 5.74) is -4.06. The molecule has 1 N–H and O–H groups in total. The van der Waals surface area contributed by atoms with Crippen molar-refractivity contribution < 1.29 is 42.1 Å². The summed E-state index contributed by atoms with van der Waals surface area (Å²) in [6.07, 6.45) is -7.24. The molecule has 0 aliphatic rings. The van der Waals surface area contributed by atoms with E-state index in [4.69, 9.17) is 0 Å². The average molecular weight is 286 g/mol. The highest BCUT2D eigenvalue weighted by molar-refractivity contribution is 6.34. The zero-order valence-electron chi connectivity index (χ0n) is 10.2. The Morgan fingerprint density at radius 2 is 1.53 bits per heavy atom. The van der Waals surface area contributed by atoms with Crippen molar-refractivity contribution in [3.8, 4) is 0 Å².